The molecular formula is C30H31FN8O3. The Kier molecular flexibility index (Phi) is 7.67. The van der Waals surface area contributed by atoms with E-state index in [0.29, 0.717) is 11.6 Å². The molecule has 216 valence electrons. The Balaban J connectivity index is 1.21. The maximum absolute atomic E-state index is 14.2. The summed E-state index contributed by atoms with van der Waals surface area (Å²) in [4.78, 5) is 45.3. The van der Waals surface area contributed by atoms with Gasteiger partial charge in [0.15, 0.2) is 0 Å². The third kappa shape index (κ3) is 5.73. The number of piperidine rings is 1. The Morgan fingerprint density at radius 3 is 2.81 bits per heavy atom. The first-order valence-corrected chi connectivity index (χ1v) is 14.0. The van der Waals surface area contributed by atoms with Crippen LogP contribution in [0.1, 0.15) is 43.6 Å². The number of aromatic amines is 1. The highest BCUT2D eigenvalue weighted by Crippen LogP contribution is 2.25. The van der Waals surface area contributed by atoms with Crippen molar-refractivity contribution >= 4 is 28.4 Å². The number of carbonyl (C=O) groups excluding carboxylic acids is 1. The lowest BCUT2D eigenvalue weighted by Crippen LogP contribution is -2.40. The Bertz CT molecular complexity index is 1740. The molecule has 0 aliphatic carbocycles. The molecule has 1 aliphatic heterocycles. The van der Waals surface area contributed by atoms with Crippen LogP contribution < -0.4 is 21.1 Å². The summed E-state index contributed by atoms with van der Waals surface area (Å²) in [5, 5.41) is 7.01. The van der Waals surface area contributed by atoms with Crippen LogP contribution in [0.25, 0.3) is 22.4 Å². The van der Waals surface area contributed by atoms with E-state index in [1.54, 1.807) is 30.6 Å². The Morgan fingerprint density at radius 2 is 2.00 bits per heavy atom. The van der Waals surface area contributed by atoms with Gasteiger partial charge in [-0.1, -0.05) is 12.1 Å². The van der Waals surface area contributed by atoms with Gasteiger partial charge < -0.3 is 24.9 Å². The molecule has 42 heavy (non-hydrogen) atoms. The van der Waals surface area contributed by atoms with E-state index in [0.717, 1.165) is 48.9 Å². The number of benzene rings is 1. The predicted octanol–water partition coefficient (Wildman–Crippen LogP) is 4.39. The SMILES string of the molecule is C[C@@H](Nc1cnc(N2CCCCC2)n(CC(=O)NCc2cc3cnccc3[nH]2)c1=O)c1coc(-c2ccccc2F)n1. The molecule has 0 radical (unpaired) electrons. The third-order valence-electron chi connectivity index (χ3n) is 7.36. The molecule has 0 spiro atoms. The average Bonchev–Trinajstić information content (AvgIpc) is 3.66. The minimum Gasteiger partial charge on any atom is -0.444 e. The number of anilines is 2. The van der Waals surface area contributed by atoms with Crippen molar-refractivity contribution in [2.75, 3.05) is 23.3 Å². The fourth-order valence-electron chi connectivity index (χ4n) is 5.14. The van der Waals surface area contributed by atoms with E-state index < -0.39 is 11.9 Å². The van der Waals surface area contributed by atoms with Crippen molar-refractivity contribution in [1.29, 1.82) is 0 Å². The summed E-state index contributed by atoms with van der Waals surface area (Å²) in [6, 6.07) is 9.58. The maximum atomic E-state index is 14.2. The van der Waals surface area contributed by atoms with Crippen molar-refractivity contribution in [1.82, 2.24) is 29.8 Å². The highest BCUT2D eigenvalue weighted by molar-refractivity contribution is 5.80. The van der Waals surface area contributed by atoms with Crippen molar-refractivity contribution in [3.8, 4) is 11.5 Å². The van der Waals surface area contributed by atoms with E-state index in [9.17, 15) is 14.0 Å². The van der Waals surface area contributed by atoms with Crippen LogP contribution in [0.3, 0.4) is 0 Å². The summed E-state index contributed by atoms with van der Waals surface area (Å²) < 4.78 is 21.2. The molecule has 5 heterocycles. The Morgan fingerprint density at radius 1 is 1.17 bits per heavy atom. The number of halogens is 1. The minimum atomic E-state index is -0.455. The van der Waals surface area contributed by atoms with Crippen molar-refractivity contribution in [3.63, 3.8) is 0 Å². The molecule has 6 rings (SSSR count). The standard InChI is InChI=1S/C30H31FN8O3/c1-19(26-18-42-28(37-26)22-7-3-4-8-23(22)31)35-25-16-34-30(38-11-5-2-6-12-38)39(29(25)41)17-27(40)33-15-21-13-20-14-32-10-9-24(20)36-21/h3-4,7-10,13-14,16,18-19,35-36H,2,5-6,11-12,15,17H2,1H3,(H,33,40)/t19-/m1/s1. The van der Waals surface area contributed by atoms with Gasteiger partial charge in [-0.3, -0.25) is 19.1 Å². The summed E-state index contributed by atoms with van der Waals surface area (Å²) in [5.41, 5.74) is 2.35. The molecule has 0 unspecified atom stereocenters. The smallest absolute Gasteiger partial charge is 0.278 e. The van der Waals surface area contributed by atoms with Crippen molar-refractivity contribution < 1.29 is 13.6 Å². The van der Waals surface area contributed by atoms with Gasteiger partial charge in [0.2, 0.25) is 17.7 Å². The van der Waals surface area contributed by atoms with Gasteiger partial charge in [0.1, 0.15) is 30.0 Å². The number of carbonyl (C=O) groups is 1. The van der Waals surface area contributed by atoms with Gasteiger partial charge in [-0.2, -0.15) is 0 Å². The van der Waals surface area contributed by atoms with E-state index in [1.165, 1.54) is 23.1 Å². The van der Waals surface area contributed by atoms with Crippen LogP contribution in [0.15, 0.2) is 70.5 Å². The number of hydrogen-bond acceptors (Lipinski definition) is 8. The molecule has 11 nitrogen and oxygen atoms in total. The number of rotatable bonds is 9. The molecular weight excluding hydrogens is 539 g/mol. The molecule has 4 aromatic heterocycles. The van der Waals surface area contributed by atoms with Gasteiger partial charge in [-0.05, 0) is 50.5 Å². The maximum Gasteiger partial charge on any atom is 0.278 e. The zero-order chi connectivity index (χ0) is 29.1. The zero-order valence-corrected chi connectivity index (χ0v) is 23.1. The van der Waals surface area contributed by atoms with Gasteiger partial charge in [-0.15, -0.1) is 0 Å². The number of hydrogen-bond donors (Lipinski definition) is 3. The van der Waals surface area contributed by atoms with Gasteiger partial charge in [0.05, 0.1) is 24.3 Å². The lowest BCUT2D eigenvalue weighted by Gasteiger charge is -2.29. The predicted molar refractivity (Wildman–Crippen MR) is 156 cm³/mol. The largest absolute Gasteiger partial charge is 0.444 e. The number of nitrogens with zero attached hydrogens (tertiary/aromatic N) is 5. The van der Waals surface area contributed by atoms with Crippen LogP contribution in [0.5, 0.6) is 0 Å². The van der Waals surface area contributed by atoms with E-state index >= 15 is 0 Å². The molecule has 3 N–H and O–H groups in total. The fourth-order valence-corrected chi connectivity index (χ4v) is 5.14. The summed E-state index contributed by atoms with van der Waals surface area (Å²) >= 11 is 0. The molecule has 5 aromatic rings. The van der Waals surface area contributed by atoms with Crippen LogP contribution in [0.4, 0.5) is 16.0 Å². The lowest BCUT2D eigenvalue weighted by molar-refractivity contribution is -0.121. The van der Waals surface area contributed by atoms with Crippen LogP contribution in [-0.2, 0) is 17.9 Å². The molecule has 0 bridgehead atoms. The first kappa shape index (κ1) is 27.2. The lowest BCUT2D eigenvalue weighted by atomic mass is 10.1. The van der Waals surface area contributed by atoms with Crippen molar-refractivity contribution in [2.24, 2.45) is 0 Å². The summed E-state index contributed by atoms with van der Waals surface area (Å²) in [6.45, 7) is 3.43. The van der Waals surface area contributed by atoms with Gasteiger partial charge >= 0.3 is 0 Å². The second kappa shape index (κ2) is 11.9. The second-order valence-corrected chi connectivity index (χ2v) is 10.4. The zero-order valence-electron chi connectivity index (χ0n) is 23.1. The highest BCUT2D eigenvalue weighted by atomic mass is 19.1. The molecule has 1 aromatic carbocycles. The van der Waals surface area contributed by atoms with Gasteiger partial charge in [-0.25, -0.2) is 14.4 Å². The van der Waals surface area contributed by atoms with E-state index in [-0.39, 0.29) is 41.7 Å². The monoisotopic (exact) mass is 570 g/mol. The number of nitrogens with one attached hydrogen (secondary N) is 3. The number of fused-ring (bicyclic) bond motifs is 1. The average molecular weight is 571 g/mol. The van der Waals surface area contributed by atoms with Gasteiger partial charge in [0.25, 0.3) is 5.56 Å². The number of pyridine rings is 1. The quantitative estimate of drug-likeness (QED) is 0.238. The normalized spacial score (nSPS) is 14.2. The molecule has 1 amide bonds. The van der Waals surface area contributed by atoms with Crippen LogP contribution >= 0.6 is 0 Å². The van der Waals surface area contributed by atoms with E-state index in [1.807, 2.05) is 24.0 Å². The third-order valence-corrected chi connectivity index (χ3v) is 7.36. The van der Waals surface area contributed by atoms with Crippen LogP contribution in [0.2, 0.25) is 0 Å². The minimum absolute atomic E-state index is 0.149. The number of oxazole rings is 1. The summed E-state index contributed by atoms with van der Waals surface area (Å²) in [6.07, 6.45) is 9.48. The molecule has 0 saturated carbocycles. The highest BCUT2D eigenvalue weighted by Gasteiger charge is 2.22. The first-order valence-electron chi connectivity index (χ1n) is 14.0. The van der Waals surface area contributed by atoms with Gasteiger partial charge in [0, 0.05) is 42.1 Å². The molecule has 1 fully saturated rings. The van der Waals surface area contributed by atoms with Crippen LogP contribution in [-0.4, -0.2) is 43.5 Å². The number of aromatic nitrogens is 5. The second-order valence-electron chi connectivity index (χ2n) is 10.4. The topological polar surface area (TPSA) is 134 Å². The first-order chi connectivity index (χ1) is 20.5. The Labute approximate surface area is 240 Å². The molecule has 12 heteroatoms. The van der Waals surface area contributed by atoms with Crippen molar-refractivity contribution in [3.05, 3.63) is 88.8 Å². The van der Waals surface area contributed by atoms with Crippen molar-refractivity contribution in [2.45, 2.75) is 45.3 Å². The van der Waals surface area contributed by atoms with E-state index in [4.69, 9.17) is 4.42 Å². The number of H-pyrrole nitrogens is 1. The summed E-state index contributed by atoms with van der Waals surface area (Å²) in [7, 11) is 0. The summed E-state index contributed by atoms with van der Waals surface area (Å²) in [5.74, 6) is -0.138. The molecule has 1 saturated heterocycles. The molecule has 1 aliphatic rings. The molecule has 1 atom stereocenters. The van der Waals surface area contributed by atoms with Crippen LogP contribution in [0, 0.1) is 5.82 Å². The fraction of sp³-hybridized carbons (Fsp3) is 0.300. The van der Waals surface area contributed by atoms with E-state index in [2.05, 4.69) is 30.6 Å². The Hall–Kier alpha value is -5.00. The number of amides is 1.